The number of fused-ring (bicyclic) bond motifs is 3. The maximum Gasteiger partial charge on any atom is 0.411 e. The van der Waals surface area contributed by atoms with Crippen LogP contribution < -0.4 is 10.1 Å². The molecule has 0 radical (unpaired) electrons. The summed E-state index contributed by atoms with van der Waals surface area (Å²) in [4.78, 5) is 26.2. The Balaban J connectivity index is 2.12. The smallest absolute Gasteiger partial charge is 0.411 e. The fourth-order valence-corrected chi connectivity index (χ4v) is 4.89. The predicted molar refractivity (Wildman–Crippen MR) is 95.1 cm³/mol. The highest BCUT2D eigenvalue weighted by Crippen LogP contribution is 2.53. The molecule has 1 N–H and O–H groups in total. The summed E-state index contributed by atoms with van der Waals surface area (Å²) in [6.45, 7) is 0. The van der Waals surface area contributed by atoms with Gasteiger partial charge in [-0.3, -0.25) is 4.90 Å². The zero-order valence-electron chi connectivity index (χ0n) is 14.7. The molecule has 0 aliphatic carbocycles. The summed E-state index contributed by atoms with van der Waals surface area (Å²) < 4.78 is 15.2. The van der Waals surface area contributed by atoms with Gasteiger partial charge in [-0.25, -0.2) is 9.59 Å². The summed E-state index contributed by atoms with van der Waals surface area (Å²) in [6, 6.07) is 5.10. The molecule has 0 spiro atoms. The zero-order chi connectivity index (χ0) is 18.2. The van der Waals surface area contributed by atoms with E-state index < -0.39 is 23.5 Å². The average molecular weight is 366 g/mol. The molecule has 7 nitrogen and oxygen atoms in total. The van der Waals surface area contributed by atoms with Gasteiger partial charge >= 0.3 is 12.1 Å². The molecule has 2 aliphatic heterocycles. The molecule has 1 amide bonds. The lowest BCUT2D eigenvalue weighted by molar-refractivity contribution is -0.145. The highest BCUT2D eigenvalue weighted by molar-refractivity contribution is 7.98. The number of nitrogens with one attached hydrogen (secondary N) is 1. The average Bonchev–Trinajstić information content (AvgIpc) is 3.11. The molecule has 1 aromatic carbocycles. The third-order valence-corrected chi connectivity index (χ3v) is 5.81. The molecule has 3 rings (SSSR count). The zero-order valence-corrected chi connectivity index (χ0v) is 15.5. The first-order chi connectivity index (χ1) is 12.0. The SMILES string of the molecule is COC(=O)[C@@H]1C[C@@]2(CSC)c3cc(OC)ccc3N[C@H]2N1C(=O)OC. The van der Waals surface area contributed by atoms with Crippen LogP contribution in [0.15, 0.2) is 18.2 Å². The Bertz CT molecular complexity index is 698. The molecule has 25 heavy (non-hydrogen) atoms. The Morgan fingerprint density at radius 2 is 2.08 bits per heavy atom. The van der Waals surface area contributed by atoms with Gasteiger partial charge in [0.2, 0.25) is 0 Å². The molecule has 0 saturated carbocycles. The van der Waals surface area contributed by atoms with Crippen LogP contribution in [-0.4, -0.2) is 62.5 Å². The number of methoxy groups -OCH3 is 3. The Morgan fingerprint density at radius 3 is 2.68 bits per heavy atom. The van der Waals surface area contributed by atoms with E-state index in [1.807, 2.05) is 24.5 Å². The summed E-state index contributed by atoms with van der Waals surface area (Å²) in [5.74, 6) is 1.05. The number of thioether (sulfide) groups is 1. The number of rotatable bonds is 4. The number of carbonyl (C=O) groups is 2. The number of nitrogens with zero attached hydrogens (tertiary/aromatic N) is 1. The van der Waals surface area contributed by atoms with Gasteiger partial charge in [0.1, 0.15) is 18.0 Å². The van der Waals surface area contributed by atoms with Gasteiger partial charge in [-0.05, 0) is 36.4 Å². The topological polar surface area (TPSA) is 77.1 Å². The first-order valence-electron chi connectivity index (χ1n) is 7.90. The number of anilines is 1. The number of esters is 1. The minimum absolute atomic E-state index is 0.376. The minimum Gasteiger partial charge on any atom is -0.497 e. The number of amides is 1. The molecule has 8 heteroatoms. The normalized spacial score (nSPS) is 26.5. The van der Waals surface area contributed by atoms with E-state index in [4.69, 9.17) is 14.2 Å². The third-order valence-electron chi connectivity index (χ3n) is 5.01. The van der Waals surface area contributed by atoms with Crippen LogP contribution in [0, 0.1) is 0 Å². The van der Waals surface area contributed by atoms with Gasteiger partial charge in [0.15, 0.2) is 0 Å². The van der Waals surface area contributed by atoms with Gasteiger partial charge in [0, 0.05) is 16.9 Å². The third kappa shape index (κ3) is 2.59. The number of benzene rings is 1. The maximum atomic E-state index is 12.4. The van der Waals surface area contributed by atoms with E-state index in [1.54, 1.807) is 18.9 Å². The Labute approximate surface area is 151 Å². The van der Waals surface area contributed by atoms with Gasteiger partial charge in [-0.15, -0.1) is 0 Å². The maximum absolute atomic E-state index is 12.4. The van der Waals surface area contributed by atoms with Crippen LogP contribution in [0.4, 0.5) is 10.5 Å². The van der Waals surface area contributed by atoms with Crippen LogP contribution in [-0.2, 0) is 19.7 Å². The minimum atomic E-state index is -0.693. The second-order valence-electron chi connectivity index (χ2n) is 6.17. The second kappa shape index (κ2) is 6.67. The largest absolute Gasteiger partial charge is 0.497 e. The molecular formula is C17H22N2O5S. The Morgan fingerprint density at radius 1 is 1.32 bits per heavy atom. The van der Waals surface area contributed by atoms with Crippen molar-refractivity contribution >= 4 is 29.5 Å². The van der Waals surface area contributed by atoms with Crippen LogP contribution >= 0.6 is 11.8 Å². The number of hydrogen-bond acceptors (Lipinski definition) is 7. The number of hydrogen-bond donors (Lipinski definition) is 1. The second-order valence-corrected chi connectivity index (χ2v) is 7.03. The van der Waals surface area contributed by atoms with Crippen molar-refractivity contribution in [3.05, 3.63) is 23.8 Å². The highest BCUT2D eigenvalue weighted by atomic mass is 32.2. The molecule has 2 aliphatic rings. The van der Waals surface area contributed by atoms with Gasteiger partial charge in [-0.1, -0.05) is 0 Å². The number of ether oxygens (including phenoxy) is 3. The Kier molecular flexibility index (Phi) is 4.73. The molecule has 3 atom stereocenters. The van der Waals surface area contributed by atoms with E-state index in [-0.39, 0.29) is 6.17 Å². The predicted octanol–water partition coefficient (Wildman–Crippen LogP) is 2.06. The van der Waals surface area contributed by atoms with E-state index in [1.165, 1.54) is 19.1 Å². The summed E-state index contributed by atoms with van der Waals surface area (Å²) >= 11 is 1.67. The summed E-state index contributed by atoms with van der Waals surface area (Å²) in [5.41, 5.74) is 1.57. The van der Waals surface area contributed by atoms with Crippen molar-refractivity contribution in [3.63, 3.8) is 0 Å². The van der Waals surface area contributed by atoms with Crippen molar-refractivity contribution < 1.29 is 23.8 Å². The van der Waals surface area contributed by atoms with Crippen molar-refractivity contribution in [1.29, 1.82) is 0 Å². The van der Waals surface area contributed by atoms with Crippen molar-refractivity contribution in [2.45, 2.75) is 24.0 Å². The van der Waals surface area contributed by atoms with Crippen LogP contribution in [0.2, 0.25) is 0 Å². The lowest BCUT2D eigenvalue weighted by Crippen LogP contribution is -2.50. The number of carbonyl (C=O) groups excluding carboxylic acids is 2. The molecule has 0 bridgehead atoms. The fraction of sp³-hybridized carbons (Fsp3) is 0.529. The first-order valence-corrected chi connectivity index (χ1v) is 9.30. The van der Waals surface area contributed by atoms with E-state index in [2.05, 4.69) is 5.32 Å². The van der Waals surface area contributed by atoms with Gasteiger partial charge in [-0.2, -0.15) is 11.8 Å². The van der Waals surface area contributed by atoms with E-state index >= 15 is 0 Å². The first kappa shape index (κ1) is 17.7. The Hall–Kier alpha value is -2.09. The molecule has 0 aromatic heterocycles. The van der Waals surface area contributed by atoms with Gasteiger partial charge in [0.25, 0.3) is 0 Å². The highest BCUT2D eigenvalue weighted by Gasteiger charge is 2.61. The fourth-order valence-electron chi connectivity index (χ4n) is 3.95. The molecule has 136 valence electrons. The lowest BCUT2D eigenvalue weighted by atomic mass is 9.80. The van der Waals surface area contributed by atoms with E-state index in [0.29, 0.717) is 6.42 Å². The van der Waals surface area contributed by atoms with E-state index in [9.17, 15) is 9.59 Å². The van der Waals surface area contributed by atoms with E-state index in [0.717, 1.165) is 22.8 Å². The quantitative estimate of drug-likeness (QED) is 0.817. The van der Waals surface area contributed by atoms with Crippen molar-refractivity contribution in [2.24, 2.45) is 0 Å². The van der Waals surface area contributed by atoms with Crippen LogP contribution in [0.25, 0.3) is 0 Å². The molecular weight excluding hydrogens is 344 g/mol. The lowest BCUT2D eigenvalue weighted by Gasteiger charge is -2.31. The molecule has 0 unspecified atom stereocenters. The number of likely N-dealkylation sites (tertiary alicyclic amines) is 1. The van der Waals surface area contributed by atoms with Crippen molar-refractivity contribution in [3.8, 4) is 5.75 Å². The summed E-state index contributed by atoms with van der Waals surface area (Å²) in [7, 11) is 4.27. The van der Waals surface area contributed by atoms with Gasteiger partial charge < -0.3 is 19.5 Å². The standard InChI is InChI=1S/C17H22N2O5S/c1-22-10-5-6-12-11(7-10)17(9-25-4)8-13(14(20)23-2)19(15(17)18-12)16(21)24-3/h5-7,13,15,18H,8-9H2,1-4H3/t13-,15-,17+/m0/s1. The van der Waals surface area contributed by atoms with Crippen LogP contribution in [0.1, 0.15) is 12.0 Å². The van der Waals surface area contributed by atoms with Crippen molar-refractivity contribution in [1.82, 2.24) is 4.90 Å². The molecule has 1 saturated heterocycles. The molecule has 1 fully saturated rings. The summed E-state index contributed by atoms with van der Waals surface area (Å²) in [5, 5.41) is 3.40. The summed E-state index contributed by atoms with van der Waals surface area (Å²) in [6.07, 6.45) is 1.56. The van der Waals surface area contributed by atoms with Gasteiger partial charge in [0.05, 0.1) is 21.3 Å². The molecule has 2 heterocycles. The van der Waals surface area contributed by atoms with Crippen molar-refractivity contribution in [2.75, 3.05) is 38.7 Å². The molecule has 1 aromatic rings. The van der Waals surface area contributed by atoms with Crippen LogP contribution in [0.5, 0.6) is 5.75 Å². The monoisotopic (exact) mass is 366 g/mol. The van der Waals surface area contributed by atoms with Crippen LogP contribution in [0.3, 0.4) is 0 Å².